The second kappa shape index (κ2) is 8.86. The number of rotatable bonds is 5. The number of aromatic nitrogens is 1. The molecule has 5 heteroatoms. The van der Waals surface area contributed by atoms with Gasteiger partial charge in [0.05, 0.1) is 12.2 Å². The van der Waals surface area contributed by atoms with Gasteiger partial charge in [0, 0.05) is 40.8 Å². The topological polar surface area (TPSA) is 34.5 Å². The highest BCUT2D eigenvalue weighted by Gasteiger charge is 2.26. The van der Waals surface area contributed by atoms with E-state index in [-0.39, 0.29) is 18.1 Å². The normalized spacial score (nSPS) is 19.4. The number of amides is 1. The van der Waals surface area contributed by atoms with E-state index in [2.05, 4.69) is 61.0 Å². The van der Waals surface area contributed by atoms with Crippen molar-refractivity contribution >= 4 is 28.6 Å². The zero-order valence-corrected chi connectivity index (χ0v) is 19.0. The zero-order valence-electron chi connectivity index (χ0n) is 18.2. The van der Waals surface area contributed by atoms with E-state index >= 15 is 0 Å². The molecule has 4 rings (SSSR count). The van der Waals surface area contributed by atoms with Crippen LogP contribution in [0.25, 0.3) is 10.9 Å². The van der Waals surface area contributed by atoms with Crippen LogP contribution in [0.3, 0.4) is 0 Å². The van der Waals surface area contributed by atoms with Crippen LogP contribution in [0.1, 0.15) is 30.5 Å². The number of fused-ring (bicyclic) bond motifs is 1. The number of para-hydroxylation sites is 1. The fourth-order valence-electron chi connectivity index (χ4n) is 4.20. The molecule has 1 aliphatic heterocycles. The molecule has 4 nitrogen and oxygen atoms in total. The molecule has 30 heavy (non-hydrogen) atoms. The molecule has 158 valence electrons. The number of hydrogen-bond acceptors (Lipinski definition) is 3. The molecule has 1 aromatic heterocycles. The fraction of sp³-hybridized carbons (Fsp3) is 0.400. The third-order valence-electron chi connectivity index (χ3n) is 5.72. The molecular formula is C25H30N2O2S. The molecule has 1 fully saturated rings. The maximum absolute atomic E-state index is 13.0. The van der Waals surface area contributed by atoms with Gasteiger partial charge in [-0.15, -0.1) is 11.8 Å². The Kier molecular flexibility index (Phi) is 6.21. The Labute approximate surface area is 183 Å². The van der Waals surface area contributed by atoms with Crippen LogP contribution in [-0.2, 0) is 21.8 Å². The number of aryl methyl sites for hydroxylation is 2. The molecule has 2 atom stereocenters. The van der Waals surface area contributed by atoms with Crippen molar-refractivity contribution in [1.82, 2.24) is 9.47 Å². The van der Waals surface area contributed by atoms with E-state index in [0.29, 0.717) is 19.6 Å². The molecule has 0 bridgehead atoms. The van der Waals surface area contributed by atoms with Crippen LogP contribution in [0.2, 0.25) is 0 Å². The average molecular weight is 423 g/mol. The van der Waals surface area contributed by atoms with Crippen LogP contribution in [0.4, 0.5) is 0 Å². The molecule has 2 aromatic carbocycles. The van der Waals surface area contributed by atoms with Crippen LogP contribution < -0.4 is 0 Å². The molecule has 3 aromatic rings. The Hall–Kier alpha value is -2.24. The number of carbonyl (C=O) groups excluding carboxylic acids is 1. The van der Waals surface area contributed by atoms with Crippen molar-refractivity contribution in [2.24, 2.45) is 0 Å². The van der Waals surface area contributed by atoms with Gasteiger partial charge in [0.15, 0.2) is 0 Å². The van der Waals surface area contributed by atoms with Crippen molar-refractivity contribution in [2.75, 3.05) is 13.1 Å². The second-order valence-corrected chi connectivity index (χ2v) is 9.43. The molecule has 0 saturated carbocycles. The third kappa shape index (κ3) is 4.57. The van der Waals surface area contributed by atoms with Crippen LogP contribution in [0.15, 0.2) is 53.6 Å². The quantitative estimate of drug-likeness (QED) is 0.531. The Morgan fingerprint density at radius 3 is 2.60 bits per heavy atom. The predicted molar refractivity (Wildman–Crippen MR) is 124 cm³/mol. The predicted octanol–water partition coefficient (Wildman–Crippen LogP) is 5.19. The summed E-state index contributed by atoms with van der Waals surface area (Å²) in [6.07, 6.45) is 2.32. The molecule has 0 radical (unpaired) electrons. The average Bonchev–Trinajstić information content (AvgIpc) is 3.05. The molecule has 0 unspecified atom stereocenters. The summed E-state index contributed by atoms with van der Waals surface area (Å²) in [4.78, 5) is 16.2. The van der Waals surface area contributed by atoms with E-state index in [0.717, 1.165) is 11.3 Å². The number of nitrogens with zero attached hydrogens (tertiary/aromatic N) is 2. The third-order valence-corrected chi connectivity index (χ3v) is 6.81. The summed E-state index contributed by atoms with van der Waals surface area (Å²) < 4.78 is 7.88. The lowest BCUT2D eigenvalue weighted by Crippen LogP contribution is -2.49. The lowest BCUT2D eigenvalue weighted by Gasteiger charge is -2.35. The summed E-state index contributed by atoms with van der Waals surface area (Å²) in [6.45, 7) is 10.1. The highest BCUT2D eigenvalue weighted by Crippen LogP contribution is 2.33. The highest BCUT2D eigenvalue weighted by molar-refractivity contribution is 7.98. The summed E-state index contributed by atoms with van der Waals surface area (Å²) in [7, 11) is 0. The number of ether oxygens (including phenoxy) is 1. The molecule has 0 aliphatic carbocycles. The van der Waals surface area contributed by atoms with Crippen molar-refractivity contribution in [3.05, 3.63) is 65.4 Å². The van der Waals surface area contributed by atoms with Crippen LogP contribution >= 0.6 is 11.8 Å². The minimum atomic E-state index is 0.0859. The lowest BCUT2D eigenvalue weighted by molar-refractivity contribution is -0.143. The van der Waals surface area contributed by atoms with Gasteiger partial charge in [-0.1, -0.05) is 42.0 Å². The highest BCUT2D eigenvalue weighted by atomic mass is 32.2. The van der Waals surface area contributed by atoms with Crippen molar-refractivity contribution < 1.29 is 9.53 Å². The van der Waals surface area contributed by atoms with Gasteiger partial charge >= 0.3 is 0 Å². The molecule has 2 heterocycles. The van der Waals surface area contributed by atoms with Gasteiger partial charge < -0.3 is 14.2 Å². The van der Waals surface area contributed by atoms with Gasteiger partial charge in [-0.2, -0.15) is 0 Å². The summed E-state index contributed by atoms with van der Waals surface area (Å²) in [5, 5.41) is 1.21. The van der Waals surface area contributed by atoms with Gasteiger partial charge in [0.25, 0.3) is 0 Å². The van der Waals surface area contributed by atoms with E-state index < -0.39 is 0 Å². The number of thioether (sulfide) groups is 1. The van der Waals surface area contributed by atoms with E-state index in [4.69, 9.17) is 4.74 Å². The van der Waals surface area contributed by atoms with Crippen molar-refractivity contribution in [3.63, 3.8) is 0 Å². The standard InChI is InChI=1S/C25H30N2O2S/c1-17-9-10-18(2)21(11-17)16-30-24-14-26(23-8-6-5-7-22(23)24)15-25(28)27-12-19(3)29-20(4)13-27/h5-11,14,19-20H,12-13,15-16H2,1-4H3/t19-,20-/m1/s1. The Balaban J connectivity index is 1.55. The van der Waals surface area contributed by atoms with Crippen molar-refractivity contribution in [3.8, 4) is 0 Å². The molecule has 1 amide bonds. The van der Waals surface area contributed by atoms with E-state index in [9.17, 15) is 4.79 Å². The monoisotopic (exact) mass is 422 g/mol. The maximum Gasteiger partial charge on any atom is 0.242 e. The summed E-state index contributed by atoms with van der Waals surface area (Å²) >= 11 is 1.84. The number of morpholine rings is 1. The van der Waals surface area contributed by atoms with Crippen LogP contribution in [0.5, 0.6) is 0 Å². The first-order valence-corrected chi connectivity index (χ1v) is 11.6. The van der Waals surface area contributed by atoms with Gasteiger partial charge in [-0.3, -0.25) is 4.79 Å². The van der Waals surface area contributed by atoms with E-state index in [1.807, 2.05) is 36.6 Å². The molecule has 0 spiro atoms. The SMILES string of the molecule is Cc1ccc(C)c(CSc2cn(CC(=O)N3C[C@@H](C)O[C@H](C)C3)c3ccccc23)c1. The Bertz CT molecular complexity index is 1050. The first-order valence-electron chi connectivity index (χ1n) is 10.6. The Morgan fingerprint density at radius 1 is 1.10 bits per heavy atom. The first kappa shape index (κ1) is 21.0. The Morgan fingerprint density at radius 2 is 1.83 bits per heavy atom. The first-order chi connectivity index (χ1) is 14.4. The molecule has 1 saturated heterocycles. The minimum Gasteiger partial charge on any atom is -0.372 e. The lowest BCUT2D eigenvalue weighted by atomic mass is 10.1. The second-order valence-electron chi connectivity index (χ2n) is 8.41. The molecular weight excluding hydrogens is 392 g/mol. The number of carbonyl (C=O) groups is 1. The maximum atomic E-state index is 13.0. The summed E-state index contributed by atoms with van der Waals surface area (Å²) in [5.41, 5.74) is 5.09. The van der Waals surface area contributed by atoms with Crippen LogP contribution in [-0.4, -0.2) is 40.7 Å². The fourth-order valence-corrected chi connectivity index (χ4v) is 5.35. The minimum absolute atomic E-state index is 0.0859. The molecule has 0 N–H and O–H groups in total. The number of benzene rings is 2. The van der Waals surface area contributed by atoms with Gasteiger partial charge in [-0.25, -0.2) is 0 Å². The van der Waals surface area contributed by atoms with Gasteiger partial charge in [0.2, 0.25) is 5.91 Å². The summed E-state index contributed by atoms with van der Waals surface area (Å²) in [5.74, 6) is 1.08. The largest absolute Gasteiger partial charge is 0.372 e. The van der Waals surface area contributed by atoms with E-state index in [1.165, 1.54) is 27.0 Å². The van der Waals surface area contributed by atoms with Crippen molar-refractivity contribution in [2.45, 2.75) is 57.1 Å². The molecule has 1 aliphatic rings. The van der Waals surface area contributed by atoms with Crippen LogP contribution in [0, 0.1) is 13.8 Å². The van der Waals surface area contributed by atoms with Gasteiger partial charge in [0.1, 0.15) is 6.54 Å². The smallest absolute Gasteiger partial charge is 0.242 e. The summed E-state index contributed by atoms with van der Waals surface area (Å²) in [6, 6.07) is 15.0. The van der Waals surface area contributed by atoms with E-state index in [1.54, 1.807) is 0 Å². The van der Waals surface area contributed by atoms with Gasteiger partial charge in [-0.05, 0) is 44.9 Å². The zero-order chi connectivity index (χ0) is 21.3. The van der Waals surface area contributed by atoms with Crippen molar-refractivity contribution in [1.29, 1.82) is 0 Å². The number of hydrogen-bond donors (Lipinski definition) is 0.